The van der Waals surface area contributed by atoms with Crippen LogP contribution in [0.1, 0.15) is 6.92 Å². The molecule has 1 aromatic rings. The molecule has 1 fully saturated rings. The standard InChI is InChI=1S/C16H17N3O4S/c1-9-7-11(16(22)23)19-14(21)13(15(19)24-9)18-12(20)8-17-10-5-3-2-4-6-10/h2-7,9,13,15,17H,8H2,1H3,(H,18,20)(H,22,23)/t9?,13?,15-/m1/s1. The van der Waals surface area contributed by atoms with Crippen molar-refractivity contribution in [3.63, 3.8) is 0 Å². The zero-order valence-electron chi connectivity index (χ0n) is 12.9. The first kappa shape index (κ1) is 16.4. The zero-order valence-corrected chi connectivity index (χ0v) is 13.7. The van der Waals surface area contributed by atoms with E-state index in [2.05, 4.69) is 10.6 Å². The maximum Gasteiger partial charge on any atom is 0.352 e. The number of carboxylic acid groups (broad SMARTS) is 1. The summed E-state index contributed by atoms with van der Waals surface area (Å²) in [4.78, 5) is 36.7. The summed E-state index contributed by atoms with van der Waals surface area (Å²) in [5, 5.41) is 14.5. The Morgan fingerprint density at radius 3 is 2.67 bits per heavy atom. The number of thioether (sulfide) groups is 1. The summed E-state index contributed by atoms with van der Waals surface area (Å²) < 4.78 is 0. The molecule has 0 radical (unpaired) electrons. The van der Waals surface area contributed by atoms with Crippen LogP contribution >= 0.6 is 11.8 Å². The number of β-lactam (4-membered cyclic amide) rings is 1. The molecule has 7 nitrogen and oxygen atoms in total. The Bertz CT molecular complexity index is 707. The molecule has 2 aliphatic heterocycles. The van der Waals surface area contributed by atoms with E-state index >= 15 is 0 Å². The molecule has 126 valence electrons. The van der Waals surface area contributed by atoms with Crippen LogP contribution in [0.15, 0.2) is 42.1 Å². The average molecular weight is 347 g/mol. The fourth-order valence-electron chi connectivity index (χ4n) is 2.69. The molecule has 0 spiro atoms. The lowest BCUT2D eigenvalue weighted by Crippen LogP contribution is -2.70. The van der Waals surface area contributed by atoms with Crippen molar-refractivity contribution < 1.29 is 19.5 Å². The van der Waals surface area contributed by atoms with Crippen molar-refractivity contribution in [2.45, 2.75) is 23.6 Å². The molecular weight excluding hydrogens is 330 g/mol. The van der Waals surface area contributed by atoms with Crippen molar-refractivity contribution in [1.29, 1.82) is 0 Å². The van der Waals surface area contributed by atoms with Gasteiger partial charge in [0.1, 0.15) is 17.1 Å². The number of amides is 2. The summed E-state index contributed by atoms with van der Waals surface area (Å²) in [6.45, 7) is 1.91. The van der Waals surface area contributed by atoms with Crippen LogP contribution in [0, 0.1) is 0 Å². The molecule has 3 N–H and O–H groups in total. The van der Waals surface area contributed by atoms with Gasteiger partial charge in [0.25, 0.3) is 5.91 Å². The van der Waals surface area contributed by atoms with E-state index in [1.54, 1.807) is 6.08 Å². The Kier molecular flexibility index (Phi) is 4.48. The highest BCUT2D eigenvalue weighted by atomic mass is 32.2. The number of nitrogens with one attached hydrogen (secondary N) is 2. The Labute approximate surface area is 143 Å². The van der Waals surface area contributed by atoms with E-state index in [0.29, 0.717) is 0 Å². The first-order chi connectivity index (χ1) is 11.5. The van der Waals surface area contributed by atoms with E-state index in [1.165, 1.54) is 16.7 Å². The lowest BCUT2D eigenvalue weighted by molar-refractivity contribution is -0.150. The molecule has 0 aromatic heterocycles. The summed E-state index contributed by atoms with van der Waals surface area (Å²) in [5.74, 6) is -1.83. The van der Waals surface area contributed by atoms with Gasteiger partial charge in [-0.05, 0) is 25.1 Å². The molecular formula is C16H17N3O4S. The molecule has 3 atom stereocenters. The largest absolute Gasteiger partial charge is 0.477 e. The second kappa shape index (κ2) is 6.56. The quantitative estimate of drug-likeness (QED) is 0.683. The van der Waals surface area contributed by atoms with Crippen LogP contribution in [-0.4, -0.2) is 51.0 Å². The average Bonchev–Trinajstić information content (AvgIpc) is 2.57. The van der Waals surface area contributed by atoms with Gasteiger partial charge in [-0.1, -0.05) is 18.2 Å². The number of para-hydroxylation sites is 1. The van der Waals surface area contributed by atoms with E-state index in [9.17, 15) is 19.5 Å². The monoisotopic (exact) mass is 347 g/mol. The van der Waals surface area contributed by atoms with Gasteiger partial charge in [0.15, 0.2) is 0 Å². The van der Waals surface area contributed by atoms with Crippen LogP contribution in [-0.2, 0) is 14.4 Å². The number of hydrogen-bond donors (Lipinski definition) is 3. The third-order valence-corrected chi connectivity index (χ3v) is 5.14. The second-order valence-corrected chi connectivity index (χ2v) is 7.06. The van der Waals surface area contributed by atoms with Crippen molar-refractivity contribution in [3.8, 4) is 0 Å². The fourth-order valence-corrected chi connectivity index (χ4v) is 4.02. The van der Waals surface area contributed by atoms with Gasteiger partial charge >= 0.3 is 5.97 Å². The highest BCUT2D eigenvalue weighted by Gasteiger charge is 2.53. The minimum Gasteiger partial charge on any atom is -0.477 e. The number of carbonyl (C=O) groups is 3. The van der Waals surface area contributed by atoms with Gasteiger partial charge in [-0.25, -0.2) is 4.79 Å². The molecule has 0 aliphatic carbocycles. The van der Waals surface area contributed by atoms with Crippen LogP contribution in [0.2, 0.25) is 0 Å². The number of benzene rings is 1. The summed E-state index contributed by atoms with van der Waals surface area (Å²) in [5.41, 5.74) is 0.801. The van der Waals surface area contributed by atoms with E-state index in [0.717, 1.165) is 5.69 Å². The number of rotatable bonds is 5. The number of aliphatic carboxylic acids is 1. The predicted molar refractivity (Wildman–Crippen MR) is 90.3 cm³/mol. The van der Waals surface area contributed by atoms with Crippen LogP contribution in [0.25, 0.3) is 0 Å². The van der Waals surface area contributed by atoms with Gasteiger partial charge in [0.2, 0.25) is 5.91 Å². The predicted octanol–water partition coefficient (Wildman–Crippen LogP) is 0.855. The minimum absolute atomic E-state index is 0.0100. The summed E-state index contributed by atoms with van der Waals surface area (Å²) >= 11 is 1.46. The first-order valence-electron chi connectivity index (χ1n) is 7.49. The van der Waals surface area contributed by atoms with Crippen molar-refractivity contribution >= 4 is 35.2 Å². The molecule has 1 aromatic carbocycles. The number of nitrogens with zero attached hydrogens (tertiary/aromatic N) is 1. The molecule has 2 unspecified atom stereocenters. The number of carbonyl (C=O) groups excluding carboxylic acids is 2. The van der Waals surface area contributed by atoms with Crippen molar-refractivity contribution in [3.05, 3.63) is 42.1 Å². The Morgan fingerprint density at radius 1 is 1.29 bits per heavy atom. The maximum atomic E-state index is 12.2. The number of fused-ring (bicyclic) bond motifs is 1. The van der Waals surface area contributed by atoms with Crippen LogP contribution in [0.4, 0.5) is 5.69 Å². The Morgan fingerprint density at radius 2 is 2.00 bits per heavy atom. The van der Waals surface area contributed by atoms with Gasteiger partial charge in [-0.15, -0.1) is 11.8 Å². The SMILES string of the molecule is CC1C=C(C(=O)O)N2C(=O)C(NC(=O)CNc3ccccc3)[C@H]2S1. The molecule has 24 heavy (non-hydrogen) atoms. The summed E-state index contributed by atoms with van der Waals surface area (Å²) in [6.07, 6.45) is 1.55. The van der Waals surface area contributed by atoms with Gasteiger partial charge in [-0.2, -0.15) is 0 Å². The van der Waals surface area contributed by atoms with E-state index in [1.807, 2.05) is 37.3 Å². The van der Waals surface area contributed by atoms with Crippen LogP contribution in [0.3, 0.4) is 0 Å². The third-order valence-electron chi connectivity index (χ3n) is 3.81. The lowest BCUT2D eigenvalue weighted by atomic mass is 10.0. The minimum atomic E-state index is -1.13. The van der Waals surface area contributed by atoms with E-state index in [-0.39, 0.29) is 34.7 Å². The summed E-state index contributed by atoms with van der Waals surface area (Å²) in [7, 11) is 0. The lowest BCUT2D eigenvalue weighted by Gasteiger charge is -2.49. The maximum absolute atomic E-state index is 12.2. The van der Waals surface area contributed by atoms with Crippen molar-refractivity contribution in [1.82, 2.24) is 10.2 Å². The smallest absolute Gasteiger partial charge is 0.352 e. The Balaban J connectivity index is 1.59. The van der Waals surface area contributed by atoms with Crippen LogP contribution in [0.5, 0.6) is 0 Å². The molecule has 0 saturated carbocycles. The number of hydrogen-bond acceptors (Lipinski definition) is 5. The molecule has 2 aliphatic rings. The van der Waals surface area contributed by atoms with E-state index < -0.39 is 12.0 Å². The third kappa shape index (κ3) is 3.09. The number of carboxylic acids is 1. The molecule has 2 amide bonds. The highest BCUT2D eigenvalue weighted by Crippen LogP contribution is 2.40. The Hall–Kier alpha value is -2.48. The van der Waals surface area contributed by atoms with Gasteiger partial charge in [0.05, 0.1) is 6.54 Å². The normalized spacial score (nSPS) is 25.2. The summed E-state index contributed by atoms with van der Waals surface area (Å²) in [6, 6.07) is 8.58. The fraction of sp³-hybridized carbons (Fsp3) is 0.312. The first-order valence-corrected chi connectivity index (χ1v) is 8.43. The number of anilines is 1. The molecule has 3 rings (SSSR count). The van der Waals surface area contributed by atoms with Gasteiger partial charge in [0, 0.05) is 10.9 Å². The van der Waals surface area contributed by atoms with Gasteiger partial charge < -0.3 is 15.7 Å². The second-order valence-electron chi connectivity index (χ2n) is 5.56. The molecule has 1 saturated heterocycles. The molecule has 2 heterocycles. The van der Waals surface area contributed by atoms with Crippen LogP contribution < -0.4 is 10.6 Å². The van der Waals surface area contributed by atoms with E-state index in [4.69, 9.17) is 0 Å². The molecule has 8 heteroatoms. The zero-order chi connectivity index (χ0) is 17.3. The topological polar surface area (TPSA) is 98.7 Å². The van der Waals surface area contributed by atoms with Gasteiger partial charge in [-0.3, -0.25) is 14.5 Å². The highest BCUT2D eigenvalue weighted by molar-refractivity contribution is 8.00. The van der Waals surface area contributed by atoms with Crippen molar-refractivity contribution in [2.24, 2.45) is 0 Å². The van der Waals surface area contributed by atoms with Crippen molar-refractivity contribution in [2.75, 3.05) is 11.9 Å². The molecule has 0 bridgehead atoms.